The fourth-order valence-electron chi connectivity index (χ4n) is 1.94. The summed E-state index contributed by atoms with van der Waals surface area (Å²) in [4.78, 5) is 8.08. The van der Waals surface area contributed by atoms with Gasteiger partial charge in [-0.1, -0.05) is 19.9 Å². The Morgan fingerprint density at radius 2 is 1.89 bits per heavy atom. The molecule has 2 aromatic rings. The molecule has 0 amide bonds. The largest absolute Gasteiger partial charge is 0.424 e. The molecule has 4 nitrogen and oxygen atoms in total. The first-order chi connectivity index (χ1) is 9.10. The van der Waals surface area contributed by atoms with Gasteiger partial charge in [0.15, 0.2) is 0 Å². The molecule has 0 aliphatic carbocycles. The van der Waals surface area contributed by atoms with Crippen molar-refractivity contribution in [3.63, 3.8) is 0 Å². The summed E-state index contributed by atoms with van der Waals surface area (Å²) in [7, 11) is 0. The summed E-state index contributed by atoms with van der Waals surface area (Å²) in [6, 6.07) is 6.26. The molecule has 19 heavy (non-hydrogen) atoms. The van der Waals surface area contributed by atoms with E-state index < -0.39 is 0 Å². The molecule has 0 unspecified atom stereocenters. The highest BCUT2D eigenvalue weighted by Gasteiger charge is 2.06. The van der Waals surface area contributed by atoms with Gasteiger partial charge in [0.05, 0.1) is 6.61 Å². The smallest absolute Gasteiger partial charge is 0.321 e. The summed E-state index contributed by atoms with van der Waals surface area (Å²) in [6.07, 6.45) is 3.11. The van der Waals surface area contributed by atoms with E-state index in [0.29, 0.717) is 11.5 Å². The van der Waals surface area contributed by atoms with E-state index in [4.69, 9.17) is 9.84 Å². The Morgan fingerprint density at radius 3 is 2.42 bits per heavy atom. The fourth-order valence-corrected chi connectivity index (χ4v) is 1.94. The van der Waals surface area contributed by atoms with Crippen LogP contribution in [0.4, 0.5) is 0 Å². The van der Waals surface area contributed by atoms with E-state index in [9.17, 15) is 0 Å². The second-order valence-corrected chi connectivity index (χ2v) is 4.81. The molecule has 0 radical (unpaired) electrons. The molecule has 0 atom stereocenters. The molecular weight excluding hydrogens is 240 g/mol. The van der Waals surface area contributed by atoms with Gasteiger partial charge in [0.25, 0.3) is 0 Å². The number of aromatic nitrogens is 2. The molecule has 2 rings (SSSR count). The lowest BCUT2D eigenvalue weighted by molar-refractivity contribution is 0.280. The number of hydrogen-bond acceptors (Lipinski definition) is 4. The number of rotatable bonds is 4. The zero-order valence-electron chi connectivity index (χ0n) is 11.4. The second kappa shape index (κ2) is 5.80. The Bertz CT molecular complexity index is 551. The number of aliphatic hydroxyl groups is 1. The zero-order chi connectivity index (χ0) is 13.8. The topological polar surface area (TPSA) is 55.2 Å². The van der Waals surface area contributed by atoms with E-state index in [1.807, 2.05) is 12.1 Å². The number of hydrogen-bond donors (Lipinski definition) is 1. The highest BCUT2D eigenvalue weighted by atomic mass is 16.5. The van der Waals surface area contributed by atoms with Gasteiger partial charge in [0.1, 0.15) is 5.75 Å². The van der Waals surface area contributed by atoms with Crippen LogP contribution in [0, 0.1) is 6.92 Å². The van der Waals surface area contributed by atoms with E-state index in [1.165, 1.54) is 11.1 Å². The first kappa shape index (κ1) is 13.5. The van der Waals surface area contributed by atoms with Crippen molar-refractivity contribution in [2.45, 2.75) is 33.3 Å². The molecule has 1 N–H and O–H groups in total. The zero-order valence-corrected chi connectivity index (χ0v) is 11.4. The first-order valence-corrected chi connectivity index (χ1v) is 6.30. The van der Waals surface area contributed by atoms with Crippen molar-refractivity contribution in [3.8, 4) is 11.8 Å². The third kappa shape index (κ3) is 3.29. The lowest BCUT2D eigenvalue weighted by atomic mass is 9.98. The molecule has 0 bridgehead atoms. The minimum Gasteiger partial charge on any atom is -0.424 e. The van der Waals surface area contributed by atoms with Crippen LogP contribution in [-0.4, -0.2) is 15.1 Å². The van der Waals surface area contributed by atoms with E-state index in [1.54, 1.807) is 12.4 Å². The normalized spacial score (nSPS) is 10.8. The maximum absolute atomic E-state index is 8.92. The predicted molar refractivity (Wildman–Crippen MR) is 73.3 cm³/mol. The third-order valence-corrected chi connectivity index (χ3v) is 2.94. The maximum atomic E-state index is 8.92. The van der Waals surface area contributed by atoms with Crippen LogP contribution in [-0.2, 0) is 6.61 Å². The van der Waals surface area contributed by atoms with Crippen LogP contribution in [0.1, 0.15) is 36.5 Å². The Kier molecular flexibility index (Phi) is 4.12. The van der Waals surface area contributed by atoms with Gasteiger partial charge < -0.3 is 9.84 Å². The Morgan fingerprint density at radius 1 is 1.21 bits per heavy atom. The molecule has 0 saturated carbocycles. The van der Waals surface area contributed by atoms with Gasteiger partial charge in [-0.05, 0) is 36.1 Å². The highest BCUT2D eigenvalue weighted by Crippen LogP contribution is 2.25. The molecule has 0 fully saturated rings. The summed E-state index contributed by atoms with van der Waals surface area (Å²) < 4.78 is 5.59. The highest BCUT2D eigenvalue weighted by molar-refractivity contribution is 5.37. The average molecular weight is 258 g/mol. The van der Waals surface area contributed by atoms with Crippen LogP contribution in [0.15, 0.2) is 30.6 Å². The lowest BCUT2D eigenvalue weighted by Gasteiger charge is -2.11. The molecule has 0 aliphatic rings. The summed E-state index contributed by atoms with van der Waals surface area (Å²) in [5.41, 5.74) is 3.17. The van der Waals surface area contributed by atoms with Crippen molar-refractivity contribution in [1.82, 2.24) is 9.97 Å². The van der Waals surface area contributed by atoms with Crippen molar-refractivity contribution >= 4 is 0 Å². The first-order valence-electron chi connectivity index (χ1n) is 6.30. The Labute approximate surface area is 113 Å². The molecule has 1 aromatic heterocycles. The molecule has 100 valence electrons. The molecule has 0 aliphatic heterocycles. The minimum atomic E-state index is -0.0670. The van der Waals surface area contributed by atoms with Crippen molar-refractivity contribution in [3.05, 3.63) is 47.3 Å². The number of benzene rings is 1. The van der Waals surface area contributed by atoms with Crippen molar-refractivity contribution in [1.29, 1.82) is 0 Å². The van der Waals surface area contributed by atoms with Gasteiger partial charge in [-0.2, -0.15) is 0 Å². The summed E-state index contributed by atoms with van der Waals surface area (Å²) >= 11 is 0. The molecule has 1 aromatic carbocycles. The second-order valence-electron chi connectivity index (χ2n) is 4.81. The van der Waals surface area contributed by atoms with Gasteiger partial charge in [-0.25, -0.2) is 9.97 Å². The van der Waals surface area contributed by atoms with Crippen LogP contribution in [0.2, 0.25) is 0 Å². The number of nitrogens with zero attached hydrogens (tertiary/aromatic N) is 2. The van der Waals surface area contributed by atoms with Crippen molar-refractivity contribution in [2.24, 2.45) is 0 Å². The van der Waals surface area contributed by atoms with Gasteiger partial charge in [0.2, 0.25) is 0 Å². The molecule has 0 spiro atoms. The minimum absolute atomic E-state index is 0.0670. The molecule has 4 heteroatoms. The maximum Gasteiger partial charge on any atom is 0.321 e. The van der Waals surface area contributed by atoms with Crippen LogP contribution < -0.4 is 4.74 Å². The number of aliphatic hydroxyl groups excluding tert-OH is 1. The van der Waals surface area contributed by atoms with Gasteiger partial charge in [-0.3, -0.25) is 0 Å². The van der Waals surface area contributed by atoms with E-state index in [2.05, 4.69) is 36.8 Å². The number of aryl methyl sites for hydroxylation is 1. The number of ether oxygens (including phenoxy) is 1. The SMILES string of the molecule is Cc1cc(Oc2ncc(CO)cn2)ccc1C(C)C. The van der Waals surface area contributed by atoms with Gasteiger partial charge in [0, 0.05) is 18.0 Å². The Balaban J connectivity index is 2.16. The predicted octanol–water partition coefficient (Wildman–Crippen LogP) is 3.19. The fraction of sp³-hybridized carbons (Fsp3) is 0.333. The monoisotopic (exact) mass is 258 g/mol. The Hall–Kier alpha value is -1.94. The summed E-state index contributed by atoms with van der Waals surface area (Å²) in [5.74, 6) is 1.22. The van der Waals surface area contributed by atoms with E-state index in [0.717, 1.165) is 5.75 Å². The van der Waals surface area contributed by atoms with Crippen LogP contribution in [0.25, 0.3) is 0 Å². The van der Waals surface area contributed by atoms with Crippen LogP contribution in [0.5, 0.6) is 11.8 Å². The van der Waals surface area contributed by atoms with E-state index >= 15 is 0 Å². The molecule has 1 heterocycles. The van der Waals surface area contributed by atoms with Gasteiger partial charge >= 0.3 is 6.01 Å². The standard InChI is InChI=1S/C15H18N2O2/c1-10(2)14-5-4-13(6-11(14)3)19-15-16-7-12(9-18)8-17-15/h4-8,10,18H,9H2,1-3H3. The molecular formula is C15H18N2O2. The average Bonchev–Trinajstić information content (AvgIpc) is 2.39. The van der Waals surface area contributed by atoms with Crippen LogP contribution >= 0.6 is 0 Å². The van der Waals surface area contributed by atoms with Crippen LogP contribution in [0.3, 0.4) is 0 Å². The van der Waals surface area contributed by atoms with Gasteiger partial charge in [-0.15, -0.1) is 0 Å². The van der Waals surface area contributed by atoms with Crippen molar-refractivity contribution in [2.75, 3.05) is 0 Å². The lowest BCUT2D eigenvalue weighted by Crippen LogP contribution is -1.96. The van der Waals surface area contributed by atoms with E-state index in [-0.39, 0.29) is 12.6 Å². The quantitative estimate of drug-likeness (QED) is 0.915. The summed E-state index contributed by atoms with van der Waals surface area (Å²) in [5, 5.41) is 8.92. The molecule has 0 saturated heterocycles. The van der Waals surface area contributed by atoms with Crippen molar-refractivity contribution < 1.29 is 9.84 Å². The summed E-state index contributed by atoms with van der Waals surface area (Å²) in [6.45, 7) is 6.33. The third-order valence-electron chi connectivity index (χ3n) is 2.94.